The number of halogens is 1. The molecule has 9 aliphatic rings. The average molecular weight is 2050 g/mol. The number of amides is 8. The first-order valence-corrected chi connectivity index (χ1v) is 51.5. The first-order valence-electron chi connectivity index (χ1n) is 44.3. The molecule has 40 nitrogen and oxygen atoms in total. The quantitative estimate of drug-likeness (QED) is 0.0207. The molecule has 0 bridgehead atoms. The molecular weight excluding hydrogens is 1930 g/mol. The molecule has 0 aromatic heterocycles. The average Bonchev–Trinajstić information content (AvgIpc) is 1.61. The van der Waals surface area contributed by atoms with E-state index in [0.717, 1.165) is 35.7 Å². The second-order valence-electron chi connectivity index (χ2n) is 40.3. The smallest absolute Gasteiger partial charge is 0.348 e. The van der Waals surface area contributed by atoms with Crippen molar-refractivity contribution in [1.82, 2.24) is 19.6 Å². The molecule has 5 aromatic carbocycles. The van der Waals surface area contributed by atoms with Crippen LogP contribution in [0, 0.1) is 38.9 Å². The van der Waals surface area contributed by atoms with Gasteiger partial charge in [-0.2, -0.15) is 19.1 Å². The lowest BCUT2D eigenvalue weighted by atomic mass is 9.84. The van der Waals surface area contributed by atoms with Crippen LogP contribution in [0.25, 0.3) is 0 Å². The Hall–Kier alpha value is -11.7. The molecule has 8 heterocycles. The largest absolute Gasteiger partial charge is 0.509 e. The van der Waals surface area contributed by atoms with Crippen LogP contribution in [-0.4, -0.2) is 207 Å². The fourth-order valence-electron chi connectivity index (χ4n) is 16.7. The van der Waals surface area contributed by atoms with Crippen molar-refractivity contribution in [2.45, 2.75) is 174 Å². The number of nitrogens with two attached hydrogens (primary N) is 4. The topological polar surface area (TPSA) is 585 Å². The minimum atomic E-state index is -4.36. The maximum absolute atomic E-state index is 13.7. The summed E-state index contributed by atoms with van der Waals surface area (Å²) in [6.45, 7) is 34.0. The Morgan fingerprint density at radius 3 is 1.04 bits per heavy atom. The van der Waals surface area contributed by atoms with Crippen molar-refractivity contribution in [1.29, 1.82) is 0 Å². The lowest BCUT2D eigenvalue weighted by molar-refractivity contribution is -0.129. The van der Waals surface area contributed by atoms with E-state index in [1.54, 1.807) is 51.1 Å². The van der Waals surface area contributed by atoms with Gasteiger partial charge in [-0.15, -0.1) is 0 Å². The Morgan fingerprint density at radius 2 is 0.732 bits per heavy atom. The molecule has 14 rings (SSSR count). The number of nitrogens with one attached hydrogen (secondary N) is 4. The summed E-state index contributed by atoms with van der Waals surface area (Å²) in [6.07, 6.45) is 3.62. The number of rotatable bonds is 28. The van der Waals surface area contributed by atoms with Crippen LogP contribution < -0.4 is 84.4 Å². The summed E-state index contributed by atoms with van der Waals surface area (Å²) in [6, 6.07) is 23.2. The van der Waals surface area contributed by atoms with Gasteiger partial charge in [0.15, 0.2) is 49.8 Å². The monoisotopic (exact) mass is 2050 g/mol. The molecule has 45 heteroatoms. The molecule has 8 aliphatic heterocycles. The van der Waals surface area contributed by atoms with E-state index in [0.29, 0.717) is 48.5 Å². The van der Waals surface area contributed by atoms with E-state index in [-0.39, 0.29) is 168 Å². The Bertz CT molecular complexity index is 6210. The lowest BCUT2D eigenvalue weighted by Crippen LogP contribution is -2.45. The third kappa shape index (κ3) is 23.9. The molecule has 1 fully saturated rings. The zero-order valence-corrected chi connectivity index (χ0v) is 85.9. The molecule has 1 saturated carbocycles. The van der Waals surface area contributed by atoms with Crippen LogP contribution in [0.4, 0.5) is 22.7 Å². The second-order valence-corrected chi connectivity index (χ2v) is 49.2. The Balaban J connectivity index is 0.000000176. The number of fused-ring (bicyclic) bond motifs is 4. The molecule has 0 spiro atoms. The maximum atomic E-state index is 13.7. The summed E-state index contributed by atoms with van der Waals surface area (Å²) in [5.74, 6) is -3.24. The highest BCUT2D eigenvalue weighted by atomic mass is 79.9. The number of primary amides is 4. The fraction of sp³-hybridized carbons (Fsp3) is 0.462. The number of hydrogen-bond acceptors (Lipinski definition) is 27. The van der Waals surface area contributed by atoms with Crippen LogP contribution in [0.5, 0.6) is 23.0 Å². The number of amidine groups is 4. The van der Waals surface area contributed by atoms with E-state index in [1.807, 2.05) is 107 Å². The van der Waals surface area contributed by atoms with Crippen LogP contribution in [0.3, 0.4) is 0 Å². The van der Waals surface area contributed by atoms with E-state index in [9.17, 15) is 81.9 Å². The number of ether oxygens (including phenoxy) is 4. The zero-order chi connectivity index (χ0) is 102. The van der Waals surface area contributed by atoms with E-state index in [1.165, 1.54) is 62.6 Å². The fourth-order valence-corrected chi connectivity index (χ4v) is 23.0. The molecule has 1 aliphatic carbocycles. The molecule has 0 radical (unpaired) electrons. The molecule has 138 heavy (non-hydrogen) atoms. The summed E-state index contributed by atoms with van der Waals surface area (Å²) >= 11 is 3.43. The summed E-state index contributed by atoms with van der Waals surface area (Å²) < 4.78 is 109. The summed E-state index contributed by atoms with van der Waals surface area (Å²) in [7, 11) is -12.0. The molecule has 8 unspecified atom stereocenters. The van der Waals surface area contributed by atoms with Crippen molar-refractivity contribution in [3.63, 3.8) is 0 Å². The first kappa shape index (κ1) is 107. The predicted octanol–water partition coefficient (Wildman–Crippen LogP) is 11.8. The van der Waals surface area contributed by atoms with Gasteiger partial charge in [0, 0.05) is 52.0 Å². The van der Waals surface area contributed by atoms with Gasteiger partial charge in [0.1, 0.15) is 68.3 Å². The number of carbonyl (C=O) groups excluding carboxylic acids is 8. The Labute approximate surface area is 809 Å². The van der Waals surface area contributed by atoms with E-state index >= 15 is 0 Å². The molecule has 746 valence electrons. The van der Waals surface area contributed by atoms with Crippen LogP contribution in [0.1, 0.15) is 149 Å². The summed E-state index contributed by atoms with van der Waals surface area (Å²) in [5.41, 5.74) is 20.7. The van der Waals surface area contributed by atoms with E-state index in [2.05, 4.69) is 90.9 Å². The normalized spacial score (nSPS) is 22.9. The first-order chi connectivity index (χ1) is 64.1. The van der Waals surface area contributed by atoms with Crippen LogP contribution in [0.2, 0.25) is 0 Å². The molecule has 5 aromatic rings. The molecule has 17 N–H and O–H groups in total. The number of benzene rings is 5. The zero-order valence-electron chi connectivity index (χ0n) is 80.7. The van der Waals surface area contributed by atoms with Gasteiger partial charge in [0.05, 0.1) is 68.1 Å². The molecular formula is C93H123BrN16O24P4. The van der Waals surface area contributed by atoms with Gasteiger partial charge in [0.2, 0.25) is 0 Å². The van der Waals surface area contributed by atoms with Crippen molar-refractivity contribution in [2.75, 3.05) is 88.7 Å². The predicted molar refractivity (Wildman–Crippen MR) is 529 cm³/mol. The highest BCUT2D eigenvalue weighted by molar-refractivity contribution is 9.10. The number of aliphatic hydroxyl groups is 4. The number of aliphatic hydroxyl groups excluding tert-OH is 4. The maximum Gasteiger partial charge on any atom is 0.348 e. The van der Waals surface area contributed by atoms with E-state index < -0.39 is 112 Å². The van der Waals surface area contributed by atoms with Crippen LogP contribution >= 0.6 is 46.0 Å². The molecule has 0 saturated heterocycles. The van der Waals surface area contributed by atoms with Crippen molar-refractivity contribution in [2.24, 2.45) is 80.9 Å². The third-order valence-corrected chi connectivity index (χ3v) is 31.0. The van der Waals surface area contributed by atoms with Crippen molar-refractivity contribution < 1.29 is 114 Å². The number of anilines is 4. The molecule has 8 atom stereocenters. The Morgan fingerprint density at radius 1 is 0.435 bits per heavy atom. The van der Waals surface area contributed by atoms with E-state index in [4.69, 9.17) is 55.5 Å². The van der Waals surface area contributed by atoms with Crippen LogP contribution in [-0.2, 0) is 76.7 Å². The highest BCUT2D eigenvalue weighted by Gasteiger charge is 2.55. The summed E-state index contributed by atoms with van der Waals surface area (Å²) in [5, 5.41) is 57.5. The van der Waals surface area contributed by atoms with Gasteiger partial charge < -0.3 is 122 Å². The SMILES string of the molecule is CC(C)(C)C1C(O)=C(C2=NP(=O)(O)c3cc(OCC(N)=O)ccc3N2)C(=O)N1Cc1cccc(Br)c1.COP1(=O)N=C(C2=C(O)C(C(C)(C)C)N(CC3CC3)C2=O)Nc2ccc(OCC(N)=O)cc21.COP1(=O)N=C(C2=C(O)C(C(C)(C)C)N(CCC(C)(C)C)C2=O)Nc2ccc(OCC(N)=O)cc21.COP1(=O)N=C(C2=C(O)C(C(C)(C)C)N(CCC(C)C)C2=O)Nc2ccc(OCC(N)=O)cc21. The van der Waals surface area contributed by atoms with Crippen molar-refractivity contribution >= 4 is 161 Å². The van der Waals surface area contributed by atoms with Gasteiger partial charge in [-0.3, -0.25) is 56.6 Å². The summed E-state index contributed by atoms with van der Waals surface area (Å²) in [4.78, 5) is 116. The van der Waals surface area contributed by atoms with Crippen LogP contribution in [0.15, 0.2) is 166 Å². The number of hydrogen-bond donors (Lipinski definition) is 13. The Kier molecular flexibility index (Phi) is 31.7. The number of carbonyl (C=O) groups is 8. The third-order valence-electron chi connectivity index (χ3n) is 23.2. The van der Waals surface area contributed by atoms with Crippen molar-refractivity contribution in [3.8, 4) is 23.0 Å². The molecule has 8 amide bonds. The van der Waals surface area contributed by atoms with Gasteiger partial charge in [-0.1, -0.05) is 146 Å². The minimum absolute atomic E-state index is 0.00700. The second kappa shape index (κ2) is 41.0. The van der Waals surface area contributed by atoms with Gasteiger partial charge >= 0.3 is 30.1 Å². The highest BCUT2D eigenvalue weighted by Crippen LogP contribution is 2.57. The van der Waals surface area contributed by atoms with Gasteiger partial charge in [-0.25, -0.2) is 0 Å². The van der Waals surface area contributed by atoms with Crippen molar-refractivity contribution in [3.05, 3.63) is 152 Å². The van der Waals surface area contributed by atoms with Gasteiger partial charge in [0.25, 0.3) is 47.3 Å². The number of nitrogens with zero attached hydrogens (tertiary/aromatic N) is 8. The standard InChI is InChI=1S/C24H26BrN4O6P.C24H35N4O6P.C23H33N4O6P.C22H29N4O6P/c1-24(2,3)21-20(31)19(23(32)29(21)11-13-5-4-6-14(25)9-13)22-27-16-8-7-15(35-12-18(26)30)10-17(16)36(33,34)28-22;1-23(2,3)10-11-28-20(24(4,5)6)19(30)18(22(28)31)21-26-15-9-8-14(34-13-17(25)29)12-16(15)35(32,27-21)33-7;1-13(2)9-10-27-20(23(3,4)5)19(29)18(22(27)30)21-25-15-8-7-14(33-12-17(24)28)11-16(15)34(31,26-21)32-6;1-22(2,3)19-18(28)17(21(29)26(19)10-12-5-6-12)20-24-14-8-7-13(32-11-16(23)27)9-15(14)33(30,25-20)31-4/h4-10,21,31H,11-12H2,1-3H3,(H2,26,30)(H2,27,28,33,34);8-9,12,20,30H,10-11,13H2,1-7H3,(H2,25,29)(H,26,27,32);7-8,11,13,20,29H,9-10,12H2,1-6H3,(H2,24,28)(H,25,26,31);7-9,12,19,28H,5-6,10-11H2,1-4H3,(H2,23,27)(H,24,25,30). The van der Waals surface area contributed by atoms with Gasteiger partial charge in [-0.05, 0) is 155 Å². The lowest BCUT2D eigenvalue weighted by Gasteiger charge is -2.36. The minimum Gasteiger partial charge on any atom is -0.509 e.